The number of rotatable bonds is 5. The second-order valence-electron chi connectivity index (χ2n) is 8.52. The molecular formula is C20H34N2O4. The van der Waals surface area contributed by atoms with E-state index < -0.39 is 6.10 Å². The fraction of sp³-hybridized carbons (Fsp3) is 0.900. The molecule has 1 N–H and O–H groups in total. The van der Waals surface area contributed by atoms with Crippen LogP contribution in [0.4, 0.5) is 0 Å². The molecule has 148 valence electrons. The molecule has 3 aliphatic rings. The predicted molar refractivity (Wildman–Crippen MR) is 98.5 cm³/mol. The van der Waals surface area contributed by atoms with Crippen molar-refractivity contribution in [3.63, 3.8) is 0 Å². The normalized spacial score (nSPS) is 30.2. The number of aliphatic hydroxyl groups is 1. The van der Waals surface area contributed by atoms with Crippen molar-refractivity contribution < 1.29 is 19.4 Å². The summed E-state index contributed by atoms with van der Waals surface area (Å²) in [4.78, 5) is 28.7. The van der Waals surface area contributed by atoms with Crippen molar-refractivity contribution in [2.45, 2.75) is 63.9 Å². The van der Waals surface area contributed by atoms with E-state index in [9.17, 15) is 14.7 Å². The van der Waals surface area contributed by atoms with Crippen LogP contribution in [0.3, 0.4) is 0 Å². The first-order chi connectivity index (χ1) is 12.5. The second kappa shape index (κ2) is 8.70. The van der Waals surface area contributed by atoms with Gasteiger partial charge < -0.3 is 19.6 Å². The summed E-state index contributed by atoms with van der Waals surface area (Å²) in [6.45, 7) is 2.54. The van der Waals surface area contributed by atoms with E-state index in [0.717, 1.165) is 31.7 Å². The SMILES string of the molecule is COCC(=O)N1CCC(O)[C@]2(CCCN(C(=O)CCC3CCCC3)C2)C1. The van der Waals surface area contributed by atoms with Gasteiger partial charge >= 0.3 is 0 Å². The third kappa shape index (κ3) is 4.39. The highest BCUT2D eigenvalue weighted by Gasteiger charge is 2.47. The maximum atomic E-state index is 12.7. The van der Waals surface area contributed by atoms with Crippen LogP contribution in [0, 0.1) is 11.3 Å². The van der Waals surface area contributed by atoms with Crippen molar-refractivity contribution in [1.29, 1.82) is 0 Å². The van der Waals surface area contributed by atoms with Gasteiger partial charge in [-0.1, -0.05) is 25.7 Å². The highest BCUT2D eigenvalue weighted by molar-refractivity contribution is 5.78. The van der Waals surface area contributed by atoms with Crippen LogP contribution in [0.5, 0.6) is 0 Å². The molecule has 3 fully saturated rings. The van der Waals surface area contributed by atoms with Crippen molar-refractivity contribution in [3.05, 3.63) is 0 Å². The number of amides is 2. The Morgan fingerprint density at radius 1 is 1.04 bits per heavy atom. The van der Waals surface area contributed by atoms with Crippen molar-refractivity contribution in [2.75, 3.05) is 39.9 Å². The van der Waals surface area contributed by atoms with Gasteiger partial charge in [-0.25, -0.2) is 0 Å². The molecule has 1 unspecified atom stereocenters. The van der Waals surface area contributed by atoms with E-state index in [4.69, 9.17) is 4.74 Å². The van der Waals surface area contributed by atoms with E-state index in [2.05, 4.69) is 0 Å². The average molecular weight is 367 g/mol. The largest absolute Gasteiger partial charge is 0.392 e. The number of aliphatic hydroxyl groups excluding tert-OH is 1. The van der Waals surface area contributed by atoms with Gasteiger partial charge in [0.25, 0.3) is 0 Å². The highest BCUT2D eigenvalue weighted by Crippen LogP contribution is 2.39. The standard InChI is InChI=1S/C20H34N2O4/c1-26-13-19(25)22-12-9-17(23)20(15-22)10-4-11-21(14-20)18(24)8-7-16-5-2-3-6-16/h16-17,23H,2-15H2,1H3/t17?,20-/m0/s1. The number of carbonyl (C=O) groups is 2. The second-order valence-corrected chi connectivity index (χ2v) is 8.52. The maximum Gasteiger partial charge on any atom is 0.248 e. The number of piperidine rings is 2. The van der Waals surface area contributed by atoms with E-state index >= 15 is 0 Å². The zero-order valence-electron chi connectivity index (χ0n) is 16.1. The Bertz CT molecular complexity index is 506. The Hall–Kier alpha value is -1.14. The number of hydrogen-bond acceptors (Lipinski definition) is 4. The Morgan fingerprint density at radius 2 is 1.73 bits per heavy atom. The fourth-order valence-corrected chi connectivity index (χ4v) is 5.14. The molecule has 2 saturated heterocycles. The summed E-state index contributed by atoms with van der Waals surface area (Å²) in [5, 5.41) is 10.7. The van der Waals surface area contributed by atoms with Gasteiger partial charge in [0.1, 0.15) is 6.61 Å². The van der Waals surface area contributed by atoms with E-state index in [-0.39, 0.29) is 23.8 Å². The summed E-state index contributed by atoms with van der Waals surface area (Å²) < 4.78 is 4.98. The van der Waals surface area contributed by atoms with Crippen LogP contribution in [0.1, 0.15) is 57.8 Å². The van der Waals surface area contributed by atoms with Crippen LogP contribution in [-0.4, -0.2) is 72.7 Å². The first-order valence-electron chi connectivity index (χ1n) is 10.3. The average Bonchev–Trinajstić information content (AvgIpc) is 3.16. The molecule has 2 atom stereocenters. The Kier molecular flexibility index (Phi) is 6.56. The summed E-state index contributed by atoms with van der Waals surface area (Å²) in [5.41, 5.74) is -0.372. The van der Waals surface area contributed by atoms with Crippen LogP contribution in [0.2, 0.25) is 0 Å². The molecule has 0 bridgehead atoms. The minimum Gasteiger partial charge on any atom is -0.392 e. The molecule has 2 heterocycles. The number of ether oxygens (including phenoxy) is 1. The van der Waals surface area contributed by atoms with E-state index in [1.807, 2.05) is 9.80 Å². The number of likely N-dealkylation sites (tertiary alicyclic amines) is 2. The molecule has 6 nitrogen and oxygen atoms in total. The number of carbonyl (C=O) groups excluding carboxylic acids is 2. The van der Waals surface area contributed by atoms with Gasteiger partial charge in [-0.15, -0.1) is 0 Å². The number of methoxy groups -OCH3 is 1. The van der Waals surface area contributed by atoms with Gasteiger partial charge in [-0.3, -0.25) is 9.59 Å². The van der Waals surface area contributed by atoms with E-state index in [0.29, 0.717) is 32.5 Å². The molecule has 26 heavy (non-hydrogen) atoms. The molecule has 2 amide bonds. The minimum atomic E-state index is -0.445. The summed E-state index contributed by atoms with van der Waals surface area (Å²) in [5.74, 6) is 0.923. The van der Waals surface area contributed by atoms with Crippen LogP contribution in [0.25, 0.3) is 0 Å². The highest BCUT2D eigenvalue weighted by atomic mass is 16.5. The Morgan fingerprint density at radius 3 is 2.42 bits per heavy atom. The molecule has 6 heteroatoms. The van der Waals surface area contributed by atoms with Gasteiger partial charge in [0, 0.05) is 45.1 Å². The molecular weight excluding hydrogens is 332 g/mol. The Labute approximate surface area is 156 Å². The zero-order valence-corrected chi connectivity index (χ0v) is 16.1. The molecule has 0 aromatic carbocycles. The van der Waals surface area contributed by atoms with Crippen LogP contribution < -0.4 is 0 Å². The lowest BCUT2D eigenvalue weighted by Crippen LogP contribution is -2.61. The summed E-state index contributed by atoms with van der Waals surface area (Å²) in [6.07, 6.45) is 8.70. The zero-order chi connectivity index (χ0) is 18.6. The summed E-state index contributed by atoms with van der Waals surface area (Å²) in [7, 11) is 1.53. The monoisotopic (exact) mass is 366 g/mol. The molecule has 2 aliphatic heterocycles. The third-order valence-corrected chi connectivity index (χ3v) is 6.71. The van der Waals surface area contributed by atoms with Gasteiger partial charge in [-0.05, 0) is 31.6 Å². The van der Waals surface area contributed by atoms with Crippen LogP contribution >= 0.6 is 0 Å². The van der Waals surface area contributed by atoms with Gasteiger partial charge in [0.15, 0.2) is 0 Å². The minimum absolute atomic E-state index is 0.0246. The number of hydrogen-bond donors (Lipinski definition) is 1. The summed E-state index contributed by atoms with van der Waals surface area (Å²) >= 11 is 0. The lowest BCUT2D eigenvalue weighted by atomic mass is 9.71. The molecule has 1 saturated carbocycles. The van der Waals surface area contributed by atoms with Crippen molar-refractivity contribution >= 4 is 11.8 Å². The lowest BCUT2D eigenvalue weighted by molar-refractivity contribution is -0.151. The molecule has 0 radical (unpaired) electrons. The van der Waals surface area contributed by atoms with E-state index in [1.54, 1.807) is 0 Å². The molecule has 1 aliphatic carbocycles. The van der Waals surface area contributed by atoms with Crippen LogP contribution in [0.15, 0.2) is 0 Å². The van der Waals surface area contributed by atoms with Crippen molar-refractivity contribution in [2.24, 2.45) is 11.3 Å². The third-order valence-electron chi connectivity index (χ3n) is 6.71. The molecule has 1 spiro atoms. The first kappa shape index (κ1) is 19.6. The fourth-order valence-electron chi connectivity index (χ4n) is 5.14. The lowest BCUT2D eigenvalue weighted by Gasteiger charge is -2.51. The van der Waals surface area contributed by atoms with Crippen molar-refractivity contribution in [1.82, 2.24) is 9.80 Å². The quantitative estimate of drug-likeness (QED) is 0.806. The van der Waals surface area contributed by atoms with E-state index in [1.165, 1.54) is 32.8 Å². The maximum absolute atomic E-state index is 12.7. The smallest absolute Gasteiger partial charge is 0.248 e. The van der Waals surface area contributed by atoms with Gasteiger partial charge in [0.2, 0.25) is 11.8 Å². The van der Waals surface area contributed by atoms with Crippen LogP contribution in [-0.2, 0) is 14.3 Å². The Balaban J connectivity index is 1.59. The number of nitrogens with zero attached hydrogens (tertiary/aromatic N) is 2. The molecule has 0 aromatic rings. The molecule has 0 aromatic heterocycles. The van der Waals surface area contributed by atoms with Gasteiger partial charge in [-0.2, -0.15) is 0 Å². The first-order valence-corrected chi connectivity index (χ1v) is 10.3. The predicted octanol–water partition coefficient (Wildman–Crippen LogP) is 1.81. The molecule has 3 rings (SSSR count). The van der Waals surface area contributed by atoms with Gasteiger partial charge in [0.05, 0.1) is 6.10 Å². The topological polar surface area (TPSA) is 70.1 Å². The summed E-state index contributed by atoms with van der Waals surface area (Å²) in [6, 6.07) is 0. The van der Waals surface area contributed by atoms with Crippen molar-refractivity contribution in [3.8, 4) is 0 Å².